The van der Waals surface area contributed by atoms with Crippen LogP contribution in [0.15, 0.2) is 46.9 Å². The molecule has 0 spiro atoms. The standard InChI is InChI=1S/C15H14Br2O/c1-11-4-2-3-5-15(11)18-13-6-7-14(17)12(10-13)8-9-16/h2-7,10H,8-9H2,1H3. The van der Waals surface area contributed by atoms with Crippen LogP contribution in [-0.2, 0) is 6.42 Å². The van der Waals surface area contributed by atoms with Crippen LogP contribution in [0.25, 0.3) is 0 Å². The van der Waals surface area contributed by atoms with Crippen molar-refractivity contribution in [2.45, 2.75) is 13.3 Å². The van der Waals surface area contributed by atoms with Crippen molar-refractivity contribution in [3.8, 4) is 11.5 Å². The van der Waals surface area contributed by atoms with Crippen molar-refractivity contribution in [1.29, 1.82) is 0 Å². The summed E-state index contributed by atoms with van der Waals surface area (Å²) in [5.41, 5.74) is 2.39. The molecule has 1 nitrogen and oxygen atoms in total. The Labute approximate surface area is 124 Å². The second-order valence-corrected chi connectivity index (χ2v) is 5.71. The van der Waals surface area contributed by atoms with Crippen LogP contribution in [0.3, 0.4) is 0 Å². The van der Waals surface area contributed by atoms with Crippen molar-refractivity contribution in [3.63, 3.8) is 0 Å². The summed E-state index contributed by atoms with van der Waals surface area (Å²) >= 11 is 7.02. The van der Waals surface area contributed by atoms with Gasteiger partial charge in [0.2, 0.25) is 0 Å². The molecule has 0 bridgehead atoms. The lowest BCUT2D eigenvalue weighted by Crippen LogP contribution is -1.91. The molecule has 2 rings (SSSR count). The first-order chi connectivity index (χ1) is 8.70. The molecule has 2 aromatic carbocycles. The number of aryl methyl sites for hydroxylation is 2. The van der Waals surface area contributed by atoms with Crippen LogP contribution >= 0.6 is 31.9 Å². The molecule has 0 N–H and O–H groups in total. The van der Waals surface area contributed by atoms with Crippen LogP contribution < -0.4 is 4.74 Å². The lowest BCUT2D eigenvalue weighted by molar-refractivity contribution is 0.478. The zero-order valence-electron chi connectivity index (χ0n) is 10.1. The van der Waals surface area contributed by atoms with Crippen LogP contribution in [-0.4, -0.2) is 5.33 Å². The van der Waals surface area contributed by atoms with Crippen LogP contribution in [0.2, 0.25) is 0 Å². The maximum atomic E-state index is 5.91. The normalized spacial score (nSPS) is 10.4. The molecule has 94 valence electrons. The van der Waals surface area contributed by atoms with Crippen molar-refractivity contribution in [2.24, 2.45) is 0 Å². The summed E-state index contributed by atoms with van der Waals surface area (Å²) in [7, 11) is 0. The second-order valence-electron chi connectivity index (χ2n) is 4.06. The number of rotatable bonds is 4. The Morgan fingerprint density at radius 2 is 1.89 bits per heavy atom. The zero-order valence-corrected chi connectivity index (χ0v) is 13.3. The Morgan fingerprint density at radius 3 is 2.61 bits per heavy atom. The molecule has 2 aromatic rings. The fourth-order valence-corrected chi connectivity index (χ4v) is 2.58. The molecule has 0 heterocycles. The van der Waals surface area contributed by atoms with Gasteiger partial charge in [0.25, 0.3) is 0 Å². The average Bonchev–Trinajstić information content (AvgIpc) is 2.36. The van der Waals surface area contributed by atoms with E-state index in [1.807, 2.05) is 43.3 Å². The molecule has 0 aliphatic heterocycles. The largest absolute Gasteiger partial charge is 0.457 e. The van der Waals surface area contributed by atoms with E-state index in [1.165, 1.54) is 5.56 Å². The Hall–Kier alpha value is -0.800. The van der Waals surface area contributed by atoms with E-state index in [-0.39, 0.29) is 0 Å². The first kappa shape index (κ1) is 13.6. The number of para-hydroxylation sites is 1. The molecule has 0 saturated carbocycles. The summed E-state index contributed by atoms with van der Waals surface area (Å²) in [6, 6.07) is 14.1. The summed E-state index contributed by atoms with van der Waals surface area (Å²) in [5, 5.41) is 0.944. The van der Waals surface area contributed by atoms with Gasteiger partial charge in [-0.3, -0.25) is 0 Å². The summed E-state index contributed by atoms with van der Waals surface area (Å²) in [6.07, 6.45) is 0.978. The maximum absolute atomic E-state index is 5.91. The third-order valence-electron chi connectivity index (χ3n) is 2.70. The number of ether oxygens (including phenoxy) is 1. The number of halogens is 2. The van der Waals surface area contributed by atoms with Gasteiger partial charge < -0.3 is 4.74 Å². The van der Waals surface area contributed by atoms with Gasteiger partial charge in [0, 0.05) is 9.80 Å². The molecular formula is C15H14Br2O. The van der Waals surface area contributed by atoms with Crippen LogP contribution in [0.4, 0.5) is 0 Å². The van der Waals surface area contributed by atoms with E-state index >= 15 is 0 Å². The van der Waals surface area contributed by atoms with E-state index in [2.05, 4.69) is 37.9 Å². The van der Waals surface area contributed by atoms with Gasteiger partial charge in [0.05, 0.1) is 0 Å². The van der Waals surface area contributed by atoms with Crippen molar-refractivity contribution in [3.05, 3.63) is 58.1 Å². The number of hydrogen-bond donors (Lipinski definition) is 0. The molecule has 0 saturated heterocycles. The molecule has 18 heavy (non-hydrogen) atoms. The van der Waals surface area contributed by atoms with Crippen molar-refractivity contribution in [2.75, 3.05) is 5.33 Å². The minimum Gasteiger partial charge on any atom is -0.457 e. The molecule has 0 aliphatic carbocycles. The molecule has 0 aromatic heterocycles. The topological polar surface area (TPSA) is 9.23 Å². The summed E-state index contributed by atoms with van der Waals surface area (Å²) in [5.74, 6) is 1.79. The van der Waals surface area contributed by atoms with E-state index in [9.17, 15) is 0 Å². The van der Waals surface area contributed by atoms with Gasteiger partial charge in [0.15, 0.2) is 0 Å². The number of alkyl halides is 1. The number of hydrogen-bond acceptors (Lipinski definition) is 1. The van der Waals surface area contributed by atoms with Crippen LogP contribution in [0.1, 0.15) is 11.1 Å². The van der Waals surface area contributed by atoms with Gasteiger partial charge in [-0.25, -0.2) is 0 Å². The molecule has 0 radical (unpaired) electrons. The molecule has 0 fully saturated rings. The lowest BCUT2D eigenvalue weighted by Gasteiger charge is -2.10. The zero-order chi connectivity index (χ0) is 13.0. The molecule has 0 amide bonds. The first-order valence-electron chi connectivity index (χ1n) is 5.78. The summed E-state index contributed by atoms with van der Waals surface area (Å²) < 4.78 is 7.04. The predicted molar refractivity (Wildman–Crippen MR) is 82.9 cm³/mol. The fraction of sp³-hybridized carbons (Fsp3) is 0.200. The number of benzene rings is 2. The van der Waals surface area contributed by atoms with Gasteiger partial charge in [-0.2, -0.15) is 0 Å². The smallest absolute Gasteiger partial charge is 0.130 e. The van der Waals surface area contributed by atoms with E-state index < -0.39 is 0 Å². The first-order valence-corrected chi connectivity index (χ1v) is 7.70. The van der Waals surface area contributed by atoms with Gasteiger partial charge in [-0.15, -0.1) is 0 Å². The molecule has 0 unspecified atom stereocenters. The van der Waals surface area contributed by atoms with Gasteiger partial charge in [0.1, 0.15) is 11.5 Å². The molecule has 3 heteroatoms. The highest BCUT2D eigenvalue weighted by molar-refractivity contribution is 9.10. The van der Waals surface area contributed by atoms with Crippen molar-refractivity contribution in [1.82, 2.24) is 0 Å². The van der Waals surface area contributed by atoms with Gasteiger partial charge >= 0.3 is 0 Å². The van der Waals surface area contributed by atoms with Crippen LogP contribution in [0, 0.1) is 6.92 Å². The maximum Gasteiger partial charge on any atom is 0.130 e. The van der Waals surface area contributed by atoms with Gasteiger partial charge in [-0.1, -0.05) is 50.1 Å². The fourth-order valence-electron chi connectivity index (χ4n) is 1.71. The third-order valence-corrected chi connectivity index (χ3v) is 3.87. The van der Waals surface area contributed by atoms with Crippen molar-refractivity contribution < 1.29 is 4.74 Å². The minimum absolute atomic E-state index is 0.878. The molecule has 0 atom stereocenters. The Kier molecular flexibility index (Phi) is 4.84. The highest BCUT2D eigenvalue weighted by Gasteiger charge is 2.04. The third kappa shape index (κ3) is 3.36. The van der Waals surface area contributed by atoms with E-state index in [0.717, 1.165) is 33.3 Å². The Balaban J connectivity index is 2.24. The minimum atomic E-state index is 0.878. The van der Waals surface area contributed by atoms with Crippen molar-refractivity contribution >= 4 is 31.9 Å². The SMILES string of the molecule is Cc1ccccc1Oc1ccc(Br)c(CCBr)c1. The second kappa shape index (κ2) is 6.39. The van der Waals surface area contributed by atoms with E-state index in [0.29, 0.717) is 0 Å². The Bertz CT molecular complexity index is 538. The predicted octanol–water partition coefficient (Wildman–Crippen LogP) is 5.49. The quantitative estimate of drug-likeness (QED) is 0.647. The highest BCUT2D eigenvalue weighted by atomic mass is 79.9. The van der Waals surface area contributed by atoms with Gasteiger partial charge in [-0.05, 0) is 48.7 Å². The van der Waals surface area contributed by atoms with E-state index in [1.54, 1.807) is 0 Å². The summed E-state index contributed by atoms with van der Waals surface area (Å²) in [4.78, 5) is 0. The monoisotopic (exact) mass is 368 g/mol. The van der Waals surface area contributed by atoms with Crippen LogP contribution in [0.5, 0.6) is 11.5 Å². The average molecular weight is 370 g/mol. The molecule has 0 aliphatic rings. The lowest BCUT2D eigenvalue weighted by atomic mass is 10.1. The summed E-state index contributed by atoms with van der Waals surface area (Å²) in [6.45, 7) is 2.05. The Morgan fingerprint density at radius 1 is 1.11 bits per heavy atom. The van der Waals surface area contributed by atoms with E-state index in [4.69, 9.17) is 4.74 Å². The highest BCUT2D eigenvalue weighted by Crippen LogP contribution is 2.28. The molecular weight excluding hydrogens is 356 g/mol.